The van der Waals surface area contributed by atoms with Gasteiger partial charge in [-0.1, -0.05) is 0 Å². The lowest BCUT2D eigenvalue weighted by atomic mass is 10.1. The highest BCUT2D eigenvalue weighted by atomic mass is 32.2. The number of ether oxygens (including phenoxy) is 1. The van der Waals surface area contributed by atoms with Crippen molar-refractivity contribution >= 4 is 10.2 Å². The second-order valence-electron chi connectivity index (χ2n) is 5.26. The topological polar surface area (TPSA) is 75.6 Å². The summed E-state index contributed by atoms with van der Waals surface area (Å²) >= 11 is 0. The van der Waals surface area contributed by atoms with Crippen LogP contribution in [-0.4, -0.2) is 66.9 Å². The quantitative estimate of drug-likeness (QED) is 0.777. The summed E-state index contributed by atoms with van der Waals surface area (Å²) in [6, 6.07) is -0.160. The van der Waals surface area contributed by atoms with Crippen molar-refractivity contribution in [2.75, 3.05) is 33.9 Å². The van der Waals surface area contributed by atoms with Gasteiger partial charge in [0.25, 0.3) is 10.2 Å². The molecule has 0 amide bonds. The van der Waals surface area contributed by atoms with E-state index in [4.69, 9.17) is 4.74 Å². The van der Waals surface area contributed by atoms with Crippen molar-refractivity contribution in [1.29, 1.82) is 0 Å². The smallest absolute Gasteiger partial charge is 0.281 e. The molecule has 2 rings (SSSR count). The van der Waals surface area contributed by atoms with Crippen LogP contribution in [0.15, 0.2) is 12.4 Å². The second-order valence-corrected chi connectivity index (χ2v) is 7.35. The van der Waals surface area contributed by atoms with E-state index in [0.717, 1.165) is 11.4 Å². The number of aryl methyl sites for hydroxylation is 2. The number of aromatic nitrogens is 2. The zero-order chi connectivity index (χ0) is 15.5. The minimum Gasteiger partial charge on any atom is -0.378 e. The fourth-order valence-corrected chi connectivity index (χ4v) is 3.63. The Morgan fingerprint density at radius 3 is 2.76 bits per heavy atom. The molecule has 1 aromatic rings. The third-order valence-electron chi connectivity index (χ3n) is 3.63. The first-order valence-corrected chi connectivity index (χ1v) is 8.36. The van der Waals surface area contributed by atoms with Crippen LogP contribution in [0.25, 0.3) is 0 Å². The van der Waals surface area contributed by atoms with Crippen molar-refractivity contribution in [2.45, 2.75) is 25.8 Å². The number of rotatable bonds is 5. The largest absolute Gasteiger partial charge is 0.378 e. The van der Waals surface area contributed by atoms with Crippen molar-refractivity contribution in [3.8, 4) is 0 Å². The molecule has 1 aliphatic heterocycles. The van der Waals surface area contributed by atoms with Crippen molar-refractivity contribution in [3.63, 3.8) is 0 Å². The molecular formula is C13H22N4O3S. The molecule has 1 saturated heterocycles. The summed E-state index contributed by atoms with van der Waals surface area (Å²) in [5.41, 5.74) is 1.79. The van der Waals surface area contributed by atoms with Crippen molar-refractivity contribution in [2.24, 2.45) is 0 Å². The Morgan fingerprint density at radius 1 is 1.38 bits per heavy atom. The first-order valence-electron chi connectivity index (χ1n) is 6.96. The Bertz CT molecular complexity index is 577. The Balaban J connectivity index is 2.08. The van der Waals surface area contributed by atoms with Gasteiger partial charge in [-0.15, -0.1) is 0 Å². The zero-order valence-electron chi connectivity index (χ0n) is 12.7. The first kappa shape index (κ1) is 16.3. The molecule has 1 aromatic heterocycles. The highest BCUT2D eigenvalue weighted by Gasteiger charge is 2.34. The van der Waals surface area contributed by atoms with Crippen LogP contribution in [0.1, 0.15) is 17.8 Å². The van der Waals surface area contributed by atoms with Crippen LogP contribution in [0.2, 0.25) is 0 Å². The van der Waals surface area contributed by atoms with Crippen LogP contribution in [0.5, 0.6) is 0 Å². The van der Waals surface area contributed by atoms with Crippen LogP contribution in [0, 0.1) is 6.92 Å². The lowest BCUT2D eigenvalue weighted by molar-refractivity contribution is 0.0276. The van der Waals surface area contributed by atoms with Gasteiger partial charge in [-0.3, -0.25) is 9.97 Å². The normalized spacial score (nSPS) is 20.9. The highest BCUT2D eigenvalue weighted by Crippen LogP contribution is 2.19. The molecule has 8 heteroatoms. The van der Waals surface area contributed by atoms with Gasteiger partial charge in [0, 0.05) is 39.1 Å². The fraction of sp³-hybridized carbons (Fsp3) is 0.692. The van der Waals surface area contributed by atoms with Crippen LogP contribution >= 0.6 is 0 Å². The summed E-state index contributed by atoms with van der Waals surface area (Å²) in [5, 5.41) is 0. The molecule has 0 aromatic carbocycles. The third-order valence-corrected chi connectivity index (χ3v) is 5.62. The Labute approximate surface area is 126 Å². The average Bonchev–Trinajstić information content (AvgIpc) is 2.46. The lowest BCUT2D eigenvalue weighted by Crippen LogP contribution is -2.52. The number of nitrogens with zero attached hydrogens (tertiary/aromatic N) is 4. The molecule has 0 radical (unpaired) electrons. The molecule has 1 fully saturated rings. The van der Waals surface area contributed by atoms with Crippen LogP contribution in [0.4, 0.5) is 0 Å². The standard InChI is InChI=1S/C13H22N4O3S/c1-11-13(15-7-6-14-11)5-4-12-10-20-9-8-17(12)21(18,19)16(2)3/h6-7,12H,4-5,8-10H2,1-3H3/t12-/m0/s1. The average molecular weight is 314 g/mol. The SMILES string of the molecule is Cc1nccnc1CC[C@H]1COCCN1S(=O)(=O)N(C)C. The summed E-state index contributed by atoms with van der Waals surface area (Å²) in [6.07, 6.45) is 4.68. The number of hydrogen-bond acceptors (Lipinski definition) is 5. The molecule has 0 saturated carbocycles. The molecule has 0 aliphatic carbocycles. The fourth-order valence-electron chi connectivity index (χ4n) is 2.37. The molecule has 1 atom stereocenters. The van der Waals surface area contributed by atoms with E-state index in [9.17, 15) is 8.42 Å². The number of hydrogen-bond donors (Lipinski definition) is 0. The summed E-state index contributed by atoms with van der Waals surface area (Å²) in [4.78, 5) is 8.51. The van der Waals surface area contributed by atoms with Crippen molar-refractivity contribution < 1.29 is 13.2 Å². The molecule has 21 heavy (non-hydrogen) atoms. The predicted molar refractivity (Wildman–Crippen MR) is 79.0 cm³/mol. The van der Waals surface area contributed by atoms with Gasteiger partial charge < -0.3 is 4.74 Å². The molecule has 1 aliphatic rings. The maximum absolute atomic E-state index is 12.3. The van der Waals surface area contributed by atoms with Gasteiger partial charge in [0.15, 0.2) is 0 Å². The maximum atomic E-state index is 12.3. The van der Waals surface area contributed by atoms with E-state index in [0.29, 0.717) is 32.6 Å². The minimum atomic E-state index is -3.41. The first-order chi connectivity index (χ1) is 9.93. The highest BCUT2D eigenvalue weighted by molar-refractivity contribution is 7.86. The monoisotopic (exact) mass is 314 g/mol. The number of morpholine rings is 1. The van der Waals surface area contributed by atoms with Crippen LogP contribution < -0.4 is 0 Å². The van der Waals surface area contributed by atoms with Crippen LogP contribution in [-0.2, 0) is 21.4 Å². The zero-order valence-corrected chi connectivity index (χ0v) is 13.5. The lowest BCUT2D eigenvalue weighted by Gasteiger charge is -2.36. The Morgan fingerprint density at radius 2 is 2.10 bits per heavy atom. The van der Waals surface area contributed by atoms with Crippen molar-refractivity contribution in [1.82, 2.24) is 18.6 Å². The second kappa shape index (κ2) is 6.78. The summed E-state index contributed by atoms with van der Waals surface area (Å²) in [7, 11) is -0.312. The van der Waals surface area contributed by atoms with E-state index in [1.165, 1.54) is 8.61 Å². The van der Waals surface area contributed by atoms with E-state index < -0.39 is 10.2 Å². The van der Waals surface area contributed by atoms with Crippen molar-refractivity contribution in [3.05, 3.63) is 23.8 Å². The summed E-state index contributed by atoms with van der Waals surface area (Å²) < 4.78 is 32.9. The Kier molecular flexibility index (Phi) is 5.26. The van der Waals surface area contributed by atoms with Gasteiger partial charge in [-0.2, -0.15) is 17.0 Å². The van der Waals surface area contributed by atoms with E-state index in [1.807, 2.05) is 6.92 Å². The van der Waals surface area contributed by atoms with E-state index >= 15 is 0 Å². The molecule has 0 N–H and O–H groups in total. The molecule has 7 nitrogen and oxygen atoms in total. The summed E-state index contributed by atoms with van der Waals surface area (Å²) in [6.45, 7) is 3.17. The Hall–Kier alpha value is -1.09. The molecule has 0 unspecified atom stereocenters. The van der Waals surface area contributed by atoms with E-state index in [1.54, 1.807) is 26.5 Å². The molecule has 0 spiro atoms. The maximum Gasteiger partial charge on any atom is 0.281 e. The van der Waals surface area contributed by atoms with E-state index in [2.05, 4.69) is 9.97 Å². The molecule has 0 bridgehead atoms. The predicted octanol–water partition coefficient (Wildman–Crippen LogP) is 0.225. The molecular weight excluding hydrogens is 292 g/mol. The van der Waals surface area contributed by atoms with Gasteiger partial charge in [0.2, 0.25) is 0 Å². The molecule has 118 valence electrons. The summed E-state index contributed by atoms with van der Waals surface area (Å²) in [5.74, 6) is 0. The van der Waals surface area contributed by atoms with Gasteiger partial charge in [-0.25, -0.2) is 0 Å². The van der Waals surface area contributed by atoms with Gasteiger partial charge in [-0.05, 0) is 19.8 Å². The van der Waals surface area contributed by atoms with E-state index in [-0.39, 0.29) is 6.04 Å². The van der Waals surface area contributed by atoms with Gasteiger partial charge in [0.05, 0.1) is 24.6 Å². The van der Waals surface area contributed by atoms with Gasteiger partial charge >= 0.3 is 0 Å². The van der Waals surface area contributed by atoms with Crippen LogP contribution in [0.3, 0.4) is 0 Å². The van der Waals surface area contributed by atoms with Gasteiger partial charge in [0.1, 0.15) is 0 Å². The third kappa shape index (κ3) is 3.76. The molecule has 2 heterocycles. The minimum absolute atomic E-state index is 0.160.